The van der Waals surface area contributed by atoms with Gasteiger partial charge in [0.1, 0.15) is 5.82 Å². The maximum Gasteiger partial charge on any atom is 0.257 e. The van der Waals surface area contributed by atoms with E-state index in [-0.39, 0.29) is 5.91 Å². The Labute approximate surface area is 131 Å². The number of thioether (sulfide) groups is 1. The molecule has 4 nitrogen and oxygen atoms in total. The lowest BCUT2D eigenvalue weighted by Crippen LogP contribution is -2.17. The number of hydrogen-bond acceptors (Lipinski definition) is 4. The highest BCUT2D eigenvalue weighted by atomic mass is 32.2. The van der Waals surface area contributed by atoms with Crippen molar-refractivity contribution in [3.05, 3.63) is 32.6 Å². The number of fused-ring (bicyclic) bond motifs is 2. The Morgan fingerprint density at radius 1 is 1.29 bits per heavy atom. The van der Waals surface area contributed by atoms with Crippen molar-refractivity contribution in [3.63, 3.8) is 0 Å². The third-order valence-corrected chi connectivity index (χ3v) is 6.31. The molecular formula is C15H17N3OS2. The standard InChI is InChI=1S/C15H17N3OS2/c1-18-14(11-6-20-8-12(11)17-18)16-15(19)10-7-21-13-5-3-2-4-9(10)13/h7H,2-6,8H2,1H3,(H,16,19). The van der Waals surface area contributed by atoms with Gasteiger partial charge in [0.05, 0.1) is 11.3 Å². The Bertz CT molecular complexity index is 717. The summed E-state index contributed by atoms with van der Waals surface area (Å²) in [5.74, 6) is 2.79. The minimum atomic E-state index is 0.0251. The molecule has 0 radical (unpaired) electrons. The summed E-state index contributed by atoms with van der Waals surface area (Å²) in [7, 11) is 1.90. The van der Waals surface area contributed by atoms with Gasteiger partial charge in [-0.1, -0.05) is 0 Å². The van der Waals surface area contributed by atoms with E-state index in [0.717, 1.165) is 41.4 Å². The first-order valence-corrected chi connectivity index (χ1v) is 9.30. The molecule has 0 saturated carbocycles. The number of nitrogens with zero attached hydrogens (tertiary/aromatic N) is 2. The van der Waals surface area contributed by atoms with E-state index in [1.165, 1.54) is 28.8 Å². The van der Waals surface area contributed by atoms with E-state index in [4.69, 9.17) is 0 Å². The first-order chi connectivity index (χ1) is 10.2. The second-order valence-corrected chi connectivity index (χ2v) is 7.55. The van der Waals surface area contributed by atoms with Gasteiger partial charge in [-0.25, -0.2) is 0 Å². The summed E-state index contributed by atoms with van der Waals surface area (Å²) in [5, 5.41) is 9.62. The van der Waals surface area contributed by atoms with Crippen LogP contribution in [0, 0.1) is 0 Å². The van der Waals surface area contributed by atoms with Gasteiger partial charge < -0.3 is 5.32 Å². The molecule has 0 saturated heterocycles. The van der Waals surface area contributed by atoms with Crippen LogP contribution in [0.4, 0.5) is 5.82 Å². The Balaban J connectivity index is 1.63. The van der Waals surface area contributed by atoms with Gasteiger partial charge in [0.25, 0.3) is 5.91 Å². The number of aromatic nitrogens is 2. The van der Waals surface area contributed by atoms with Crippen molar-refractivity contribution >= 4 is 34.8 Å². The summed E-state index contributed by atoms with van der Waals surface area (Å²) in [4.78, 5) is 14.0. The molecule has 0 atom stereocenters. The average Bonchev–Trinajstić information content (AvgIpc) is 3.15. The first-order valence-electron chi connectivity index (χ1n) is 7.27. The zero-order chi connectivity index (χ0) is 14.4. The SMILES string of the molecule is Cn1nc2c(c1NC(=O)c1csc3c1CCCC3)CSC2. The normalized spacial score (nSPS) is 16.6. The number of rotatable bonds is 2. The van der Waals surface area contributed by atoms with Crippen molar-refractivity contribution in [1.82, 2.24) is 9.78 Å². The zero-order valence-electron chi connectivity index (χ0n) is 11.9. The van der Waals surface area contributed by atoms with Gasteiger partial charge in [-0.3, -0.25) is 9.48 Å². The minimum Gasteiger partial charge on any atom is -0.306 e. The van der Waals surface area contributed by atoms with Gasteiger partial charge in [-0.05, 0) is 31.2 Å². The lowest BCUT2D eigenvalue weighted by molar-refractivity contribution is 0.102. The largest absolute Gasteiger partial charge is 0.306 e. The lowest BCUT2D eigenvalue weighted by atomic mass is 9.95. The molecule has 0 bridgehead atoms. The number of aryl methyl sites for hydroxylation is 2. The molecule has 1 aliphatic carbocycles. The summed E-state index contributed by atoms with van der Waals surface area (Å²) in [6, 6.07) is 0. The van der Waals surface area contributed by atoms with Crippen LogP contribution in [-0.4, -0.2) is 15.7 Å². The molecule has 0 spiro atoms. The highest BCUT2D eigenvalue weighted by Gasteiger charge is 2.25. The van der Waals surface area contributed by atoms with Crippen LogP contribution >= 0.6 is 23.1 Å². The molecular weight excluding hydrogens is 302 g/mol. The quantitative estimate of drug-likeness (QED) is 0.923. The molecule has 2 aromatic rings. The number of carbonyl (C=O) groups is 1. The maximum absolute atomic E-state index is 12.6. The molecule has 1 aliphatic heterocycles. The van der Waals surface area contributed by atoms with Gasteiger partial charge in [-0.2, -0.15) is 16.9 Å². The minimum absolute atomic E-state index is 0.0251. The van der Waals surface area contributed by atoms with E-state index >= 15 is 0 Å². The topological polar surface area (TPSA) is 46.9 Å². The van der Waals surface area contributed by atoms with Gasteiger partial charge in [0.15, 0.2) is 0 Å². The molecule has 2 aliphatic rings. The fourth-order valence-corrected chi connectivity index (χ4v) is 5.32. The molecule has 1 N–H and O–H groups in total. The maximum atomic E-state index is 12.6. The van der Waals surface area contributed by atoms with E-state index in [9.17, 15) is 4.79 Å². The van der Waals surface area contributed by atoms with Crippen molar-refractivity contribution in [3.8, 4) is 0 Å². The fraction of sp³-hybridized carbons (Fsp3) is 0.467. The van der Waals surface area contributed by atoms with E-state index in [1.54, 1.807) is 16.0 Å². The summed E-state index contributed by atoms with van der Waals surface area (Å²) in [6.45, 7) is 0. The summed E-state index contributed by atoms with van der Waals surface area (Å²) >= 11 is 3.59. The monoisotopic (exact) mass is 319 g/mol. The number of carbonyl (C=O) groups excluding carboxylic acids is 1. The Morgan fingerprint density at radius 2 is 2.14 bits per heavy atom. The molecule has 0 fully saturated rings. The predicted molar refractivity (Wildman–Crippen MR) is 87.1 cm³/mol. The van der Waals surface area contributed by atoms with Crippen LogP contribution in [0.5, 0.6) is 0 Å². The lowest BCUT2D eigenvalue weighted by Gasteiger charge is -2.13. The fourth-order valence-electron chi connectivity index (χ4n) is 3.16. The van der Waals surface area contributed by atoms with E-state index in [1.807, 2.05) is 24.2 Å². The molecule has 4 rings (SSSR count). The van der Waals surface area contributed by atoms with Crippen LogP contribution in [0.2, 0.25) is 0 Å². The van der Waals surface area contributed by atoms with Crippen molar-refractivity contribution in [2.45, 2.75) is 37.2 Å². The van der Waals surface area contributed by atoms with Gasteiger partial charge in [0.2, 0.25) is 0 Å². The third-order valence-electron chi connectivity index (χ3n) is 4.25. The van der Waals surface area contributed by atoms with E-state index < -0.39 is 0 Å². The van der Waals surface area contributed by atoms with Crippen LogP contribution in [-0.2, 0) is 31.4 Å². The van der Waals surface area contributed by atoms with Gasteiger partial charge >= 0.3 is 0 Å². The Kier molecular flexibility index (Phi) is 3.30. The molecule has 0 aromatic carbocycles. The first kappa shape index (κ1) is 13.4. The summed E-state index contributed by atoms with van der Waals surface area (Å²) in [5.41, 5.74) is 4.46. The van der Waals surface area contributed by atoms with Crippen LogP contribution < -0.4 is 5.32 Å². The molecule has 1 amide bonds. The highest BCUT2D eigenvalue weighted by Crippen LogP contribution is 2.35. The second kappa shape index (κ2) is 5.18. The molecule has 0 unspecified atom stereocenters. The molecule has 2 aromatic heterocycles. The number of anilines is 1. The Hall–Kier alpha value is -1.27. The average molecular weight is 319 g/mol. The molecule has 3 heterocycles. The smallest absolute Gasteiger partial charge is 0.257 e. The second-order valence-electron chi connectivity index (χ2n) is 5.60. The number of amides is 1. The van der Waals surface area contributed by atoms with Gasteiger partial charge in [0, 0.05) is 34.4 Å². The molecule has 110 valence electrons. The summed E-state index contributed by atoms with van der Waals surface area (Å²) in [6.07, 6.45) is 4.62. The van der Waals surface area contributed by atoms with Crippen molar-refractivity contribution in [2.24, 2.45) is 7.05 Å². The van der Waals surface area contributed by atoms with E-state index in [2.05, 4.69) is 10.4 Å². The van der Waals surface area contributed by atoms with Gasteiger partial charge in [-0.15, -0.1) is 11.3 Å². The highest BCUT2D eigenvalue weighted by molar-refractivity contribution is 7.98. The zero-order valence-corrected chi connectivity index (χ0v) is 13.6. The third kappa shape index (κ3) is 2.21. The van der Waals surface area contributed by atoms with Crippen LogP contribution in [0.3, 0.4) is 0 Å². The van der Waals surface area contributed by atoms with Crippen LogP contribution in [0.15, 0.2) is 5.38 Å². The number of thiophene rings is 1. The predicted octanol–water partition coefficient (Wildman–Crippen LogP) is 3.36. The van der Waals surface area contributed by atoms with Crippen molar-refractivity contribution < 1.29 is 4.79 Å². The van der Waals surface area contributed by atoms with Crippen LogP contribution in [0.1, 0.15) is 44.9 Å². The number of nitrogens with one attached hydrogen (secondary N) is 1. The molecule has 6 heteroatoms. The van der Waals surface area contributed by atoms with Crippen molar-refractivity contribution in [2.75, 3.05) is 5.32 Å². The Morgan fingerprint density at radius 3 is 3.05 bits per heavy atom. The van der Waals surface area contributed by atoms with Crippen LogP contribution in [0.25, 0.3) is 0 Å². The summed E-state index contributed by atoms with van der Waals surface area (Å²) < 4.78 is 1.81. The van der Waals surface area contributed by atoms with Crippen molar-refractivity contribution in [1.29, 1.82) is 0 Å². The number of hydrogen-bond donors (Lipinski definition) is 1. The molecule has 21 heavy (non-hydrogen) atoms. The van der Waals surface area contributed by atoms with E-state index in [0.29, 0.717) is 0 Å².